The first-order valence-electron chi connectivity index (χ1n) is 11.0. The van der Waals surface area contributed by atoms with E-state index >= 15 is 0 Å². The van der Waals surface area contributed by atoms with E-state index in [2.05, 4.69) is 9.97 Å². The van der Waals surface area contributed by atoms with E-state index in [1.54, 1.807) is 18.3 Å². The fourth-order valence-electron chi connectivity index (χ4n) is 4.93. The van der Waals surface area contributed by atoms with Crippen LogP contribution in [0.1, 0.15) is 48.5 Å². The highest BCUT2D eigenvalue weighted by Gasteiger charge is 2.42. The van der Waals surface area contributed by atoms with Crippen molar-refractivity contribution >= 4 is 12.0 Å². The second kappa shape index (κ2) is 8.42. The van der Waals surface area contributed by atoms with E-state index in [-0.39, 0.29) is 17.5 Å². The lowest BCUT2D eigenvalue weighted by Crippen LogP contribution is -2.42. The molecule has 2 aliphatic rings. The number of pyridine rings is 1. The zero-order valence-corrected chi connectivity index (χ0v) is 18.5. The van der Waals surface area contributed by atoms with Crippen LogP contribution in [0.15, 0.2) is 48.4 Å². The SMILES string of the molecule is COc1cc(C=C2CC[C@H]3CC[C@@H](c4ccc(F)nc4F)N3C2=O)ccc1-n1cnc(C)c1. The van der Waals surface area contributed by atoms with Gasteiger partial charge in [0.15, 0.2) is 0 Å². The molecule has 1 amide bonds. The predicted molar refractivity (Wildman–Crippen MR) is 119 cm³/mol. The molecule has 4 heterocycles. The highest BCUT2D eigenvalue weighted by molar-refractivity contribution is 5.99. The van der Waals surface area contributed by atoms with E-state index < -0.39 is 17.9 Å². The highest BCUT2D eigenvalue weighted by Crippen LogP contribution is 2.43. The van der Waals surface area contributed by atoms with Gasteiger partial charge in [0.05, 0.1) is 30.9 Å². The molecule has 2 aliphatic heterocycles. The topological polar surface area (TPSA) is 60.2 Å². The number of halogens is 2. The summed E-state index contributed by atoms with van der Waals surface area (Å²) in [5.41, 5.74) is 3.55. The molecule has 33 heavy (non-hydrogen) atoms. The summed E-state index contributed by atoms with van der Waals surface area (Å²) < 4.78 is 35.1. The van der Waals surface area contributed by atoms with Gasteiger partial charge in [-0.25, -0.2) is 4.98 Å². The van der Waals surface area contributed by atoms with Crippen molar-refractivity contribution < 1.29 is 18.3 Å². The predicted octanol–water partition coefficient (Wildman–Crippen LogP) is 4.77. The average molecular weight is 450 g/mol. The molecule has 2 atom stereocenters. The van der Waals surface area contributed by atoms with Gasteiger partial charge in [-0.2, -0.15) is 13.8 Å². The largest absolute Gasteiger partial charge is 0.495 e. The van der Waals surface area contributed by atoms with Crippen molar-refractivity contribution in [3.63, 3.8) is 0 Å². The summed E-state index contributed by atoms with van der Waals surface area (Å²) in [6, 6.07) is 7.93. The van der Waals surface area contributed by atoms with Gasteiger partial charge in [0.25, 0.3) is 5.91 Å². The molecule has 3 aromatic rings. The van der Waals surface area contributed by atoms with Crippen LogP contribution in [0, 0.1) is 18.8 Å². The number of ether oxygens (including phenoxy) is 1. The smallest absolute Gasteiger partial charge is 0.250 e. The van der Waals surface area contributed by atoms with E-state index in [0.29, 0.717) is 24.2 Å². The minimum absolute atomic E-state index is 0.0606. The Morgan fingerprint density at radius 3 is 2.73 bits per heavy atom. The molecule has 2 saturated heterocycles. The van der Waals surface area contributed by atoms with Gasteiger partial charge in [-0.15, -0.1) is 0 Å². The first kappa shape index (κ1) is 21.3. The minimum atomic E-state index is -0.861. The van der Waals surface area contributed by atoms with Crippen LogP contribution in [0.4, 0.5) is 8.78 Å². The van der Waals surface area contributed by atoms with Gasteiger partial charge in [0.2, 0.25) is 11.9 Å². The molecule has 0 N–H and O–H groups in total. The molecule has 0 aliphatic carbocycles. The molecule has 0 unspecified atom stereocenters. The van der Waals surface area contributed by atoms with Crippen LogP contribution in [-0.2, 0) is 4.79 Å². The molecule has 8 heteroatoms. The Labute approximate surface area is 190 Å². The zero-order chi connectivity index (χ0) is 23.1. The number of carbonyl (C=O) groups is 1. The minimum Gasteiger partial charge on any atom is -0.495 e. The van der Waals surface area contributed by atoms with Crippen molar-refractivity contribution in [2.75, 3.05) is 7.11 Å². The van der Waals surface area contributed by atoms with Gasteiger partial charge in [-0.05, 0) is 68.5 Å². The lowest BCUT2D eigenvalue weighted by molar-refractivity contribution is -0.131. The van der Waals surface area contributed by atoms with Crippen molar-refractivity contribution in [2.45, 2.75) is 44.7 Å². The summed E-state index contributed by atoms with van der Waals surface area (Å²) >= 11 is 0. The summed E-state index contributed by atoms with van der Waals surface area (Å²) in [6.07, 6.45) is 8.42. The van der Waals surface area contributed by atoms with Crippen LogP contribution in [-0.4, -0.2) is 38.5 Å². The molecule has 170 valence electrons. The molecule has 0 saturated carbocycles. The number of hydrogen-bond donors (Lipinski definition) is 0. The molecule has 5 rings (SSSR count). The highest BCUT2D eigenvalue weighted by atomic mass is 19.1. The maximum absolute atomic E-state index is 14.4. The number of methoxy groups -OCH3 is 1. The Bertz CT molecular complexity index is 1250. The van der Waals surface area contributed by atoms with Crippen LogP contribution in [0.3, 0.4) is 0 Å². The van der Waals surface area contributed by atoms with E-state index in [1.807, 2.05) is 42.0 Å². The third-order valence-electron chi connectivity index (χ3n) is 6.50. The van der Waals surface area contributed by atoms with Gasteiger partial charge >= 0.3 is 0 Å². The molecule has 2 aromatic heterocycles. The van der Waals surface area contributed by atoms with E-state index in [0.717, 1.165) is 35.9 Å². The van der Waals surface area contributed by atoms with Crippen LogP contribution < -0.4 is 4.74 Å². The van der Waals surface area contributed by atoms with Crippen molar-refractivity contribution in [1.29, 1.82) is 0 Å². The molecule has 0 radical (unpaired) electrons. The summed E-state index contributed by atoms with van der Waals surface area (Å²) in [7, 11) is 1.61. The number of rotatable bonds is 4. The molecule has 6 nitrogen and oxygen atoms in total. The van der Waals surface area contributed by atoms with Crippen molar-refractivity contribution in [3.8, 4) is 11.4 Å². The Balaban J connectivity index is 1.44. The normalized spacial score (nSPS) is 21.5. The van der Waals surface area contributed by atoms with Gasteiger partial charge in [-0.1, -0.05) is 6.07 Å². The summed E-state index contributed by atoms with van der Waals surface area (Å²) in [4.78, 5) is 22.7. The molecule has 1 aromatic carbocycles. The number of amides is 1. The van der Waals surface area contributed by atoms with Gasteiger partial charge in [0, 0.05) is 23.4 Å². The van der Waals surface area contributed by atoms with Crippen LogP contribution in [0.2, 0.25) is 0 Å². The molecule has 0 bridgehead atoms. The number of benzene rings is 1. The standard InChI is InChI=1S/C25H24F2N4O2/c1-15-13-30(14-28-15)21-8-3-16(12-22(21)33-2)11-17-4-5-18-6-9-20(31(18)25(17)32)19-7-10-23(26)29-24(19)27/h3,7-8,10-14,18,20H,4-6,9H2,1-2H3/t18-,20-/m0/s1. The first-order chi connectivity index (χ1) is 15.9. The summed E-state index contributed by atoms with van der Waals surface area (Å²) in [5, 5.41) is 0. The number of aromatic nitrogens is 3. The van der Waals surface area contributed by atoms with Crippen LogP contribution >= 0.6 is 0 Å². The van der Waals surface area contributed by atoms with Crippen LogP contribution in [0.25, 0.3) is 11.8 Å². The second-order valence-corrected chi connectivity index (χ2v) is 8.54. The van der Waals surface area contributed by atoms with Crippen LogP contribution in [0.5, 0.6) is 5.75 Å². The van der Waals surface area contributed by atoms with Crippen molar-refractivity contribution in [1.82, 2.24) is 19.4 Å². The third kappa shape index (κ3) is 3.90. The number of piperidine rings is 1. The molecular formula is C25H24F2N4O2. The quantitative estimate of drug-likeness (QED) is 0.424. The van der Waals surface area contributed by atoms with E-state index in [4.69, 9.17) is 4.74 Å². The number of imidazole rings is 1. The number of nitrogens with zero attached hydrogens (tertiary/aromatic N) is 4. The monoisotopic (exact) mass is 450 g/mol. The number of hydrogen-bond acceptors (Lipinski definition) is 4. The number of aryl methyl sites for hydroxylation is 1. The lowest BCUT2D eigenvalue weighted by Gasteiger charge is -2.35. The van der Waals surface area contributed by atoms with Crippen molar-refractivity contribution in [3.05, 3.63) is 77.1 Å². The Morgan fingerprint density at radius 2 is 2.00 bits per heavy atom. The van der Waals surface area contributed by atoms with Gasteiger partial charge < -0.3 is 14.2 Å². The number of carbonyl (C=O) groups excluding carboxylic acids is 1. The van der Waals surface area contributed by atoms with Crippen molar-refractivity contribution in [2.24, 2.45) is 0 Å². The lowest BCUT2D eigenvalue weighted by atomic mass is 9.95. The average Bonchev–Trinajstić information content (AvgIpc) is 3.42. The number of fused-ring (bicyclic) bond motifs is 1. The third-order valence-corrected chi connectivity index (χ3v) is 6.50. The summed E-state index contributed by atoms with van der Waals surface area (Å²) in [5.74, 6) is -1.15. The van der Waals surface area contributed by atoms with E-state index in [9.17, 15) is 13.6 Å². The Kier molecular flexibility index (Phi) is 5.44. The Morgan fingerprint density at radius 1 is 1.15 bits per heavy atom. The summed E-state index contributed by atoms with van der Waals surface area (Å²) in [6.45, 7) is 1.92. The first-order valence-corrected chi connectivity index (χ1v) is 11.0. The molecule has 0 spiro atoms. The maximum atomic E-state index is 14.4. The fourth-order valence-corrected chi connectivity index (χ4v) is 4.93. The maximum Gasteiger partial charge on any atom is 0.250 e. The van der Waals surface area contributed by atoms with Gasteiger partial charge in [-0.3, -0.25) is 4.79 Å². The molecule has 2 fully saturated rings. The Hall–Kier alpha value is -3.55. The van der Waals surface area contributed by atoms with Gasteiger partial charge in [0.1, 0.15) is 5.75 Å². The zero-order valence-electron chi connectivity index (χ0n) is 18.5. The fraction of sp³-hybridized carbons (Fsp3) is 0.320. The molecular weight excluding hydrogens is 426 g/mol. The second-order valence-electron chi connectivity index (χ2n) is 8.54. The van der Waals surface area contributed by atoms with E-state index in [1.165, 1.54) is 6.07 Å².